The molecule has 0 bridgehead atoms. The van der Waals surface area contributed by atoms with Crippen LogP contribution in [-0.4, -0.2) is 19.4 Å². The van der Waals surface area contributed by atoms with Gasteiger partial charge < -0.3 is 10.6 Å². The number of hydrogen-bond donors (Lipinski definition) is 2. The lowest BCUT2D eigenvalue weighted by Gasteiger charge is -2.22. The van der Waals surface area contributed by atoms with Gasteiger partial charge in [0.05, 0.1) is 11.7 Å². The Hall–Kier alpha value is -2.48. The van der Waals surface area contributed by atoms with Gasteiger partial charge in [0.1, 0.15) is 10.7 Å². The molecule has 2 N–H and O–H groups in total. The van der Waals surface area contributed by atoms with E-state index in [1.54, 1.807) is 12.4 Å². The van der Waals surface area contributed by atoms with Gasteiger partial charge in [-0.2, -0.15) is 8.42 Å². The van der Waals surface area contributed by atoms with Crippen molar-refractivity contribution in [2.24, 2.45) is 4.40 Å². The van der Waals surface area contributed by atoms with Crippen LogP contribution in [0.1, 0.15) is 18.5 Å². The number of hydrogen-bond acceptors (Lipinski definition) is 5. The van der Waals surface area contributed by atoms with E-state index in [1.165, 1.54) is 12.1 Å². The van der Waals surface area contributed by atoms with Gasteiger partial charge >= 0.3 is 0 Å². The average molecular weight is 320 g/mol. The molecule has 0 aliphatic carbocycles. The van der Waals surface area contributed by atoms with E-state index in [2.05, 4.69) is 20.0 Å². The summed E-state index contributed by atoms with van der Waals surface area (Å²) in [6, 6.07) is 6.97. The lowest BCUT2D eigenvalue weighted by atomic mass is 10.1. The van der Waals surface area contributed by atoms with Crippen LogP contribution in [-0.2, 0) is 10.0 Å². The number of sulfonamides is 1. The molecule has 1 unspecified atom stereocenters. The van der Waals surface area contributed by atoms with Gasteiger partial charge in [0.25, 0.3) is 10.0 Å². The van der Waals surface area contributed by atoms with Crippen molar-refractivity contribution in [2.45, 2.75) is 17.9 Å². The van der Waals surface area contributed by atoms with Crippen LogP contribution in [0.5, 0.6) is 0 Å². The first-order valence-corrected chi connectivity index (χ1v) is 7.98. The third kappa shape index (κ3) is 2.77. The summed E-state index contributed by atoms with van der Waals surface area (Å²) in [4.78, 5) is 3.76. The van der Waals surface area contributed by atoms with E-state index >= 15 is 0 Å². The van der Waals surface area contributed by atoms with Crippen LogP contribution in [0.25, 0.3) is 0 Å². The molecule has 22 heavy (non-hydrogen) atoms. The van der Waals surface area contributed by atoms with Gasteiger partial charge in [-0.25, -0.2) is 4.39 Å². The number of halogens is 1. The minimum atomic E-state index is -3.93. The zero-order valence-corrected chi connectivity index (χ0v) is 12.4. The van der Waals surface area contributed by atoms with Crippen molar-refractivity contribution >= 4 is 21.7 Å². The molecule has 2 aromatic rings. The molecule has 0 saturated carbocycles. The second-order valence-corrected chi connectivity index (χ2v) is 6.40. The third-order valence-corrected chi connectivity index (χ3v) is 4.56. The normalized spacial score (nSPS) is 16.9. The number of nitrogens with zero attached hydrogens (tertiary/aromatic N) is 2. The highest BCUT2D eigenvalue weighted by molar-refractivity contribution is 7.90. The molecule has 2 heterocycles. The van der Waals surface area contributed by atoms with E-state index in [9.17, 15) is 12.8 Å². The Morgan fingerprint density at radius 2 is 1.95 bits per heavy atom. The average Bonchev–Trinajstić information content (AvgIpc) is 2.48. The van der Waals surface area contributed by atoms with Crippen molar-refractivity contribution in [3.05, 3.63) is 54.1 Å². The summed E-state index contributed by atoms with van der Waals surface area (Å²) in [5, 5.41) is 5.84. The largest absolute Gasteiger partial charge is 0.349 e. The molecule has 0 amide bonds. The summed E-state index contributed by atoms with van der Waals surface area (Å²) in [5.41, 5.74) is 1.22. The predicted octanol–water partition coefficient (Wildman–Crippen LogP) is 2.04. The van der Waals surface area contributed by atoms with Crippen molar-refractivity contribution in [1.29, 1.82) is 0 Å². The van der Waals surface area contributed by atoms with Crippen molar-refractivity contribution in [2.75, 3.05) is 5.32 Å². The molecule has 1 aromatic heterocycles. The molecule has 0 spiro atoms. The van der Waals surface area contributed by atoms with Gasteiger partial charge in [-0.05, 0) is 42.8 Å². The fraction of sp³-hybridized carbons (Fsp3) is 0.143. The van der Waals surface area contributed by atoms with E-state index in [0.717, 1.165) is 11.6 Å². The number of anilines is 1. The van der Waals surface area contributed by atoms with Crippen LogP contribution in [0, 0.1) is 5.82 Å². The summed E-state index contributed by atoms with van der Waals surface area (Å²) in [6.45, 7) is 1.87. The van der Waals surface area contributed by atoms with E-state index in [-0.39, 0.29) is 16.9 Å². The summed E-state index contributed by atoms with van der Waals surface area (Å²) in [6.07, 6.45) is 3.30. The van der Waals surface area contributed by atoms with E-state index in [4.69, 9.17) is 0 Å². The number of rotatable bonds is 2. The Morgan fingerprint density at radius 1 is 1.23 bits per heavy atom. The number of pyridine rings is 1. The summed E-state index contributed by atoms with van der Waals surface area (Å²) in [5.74, 6) is -0.524. The predicted molar refractivity (Wildman–Crippen MR) is 80.4 cm³/mol. The molecule has 3 rings (SSSR count). The summed E-state index contributed by atoms with van der Waals surface area (Å²) in [7, 11) is -3.93. The topological polar surface area (TPSA) is 83.5 Å². The number of nitrogens with one attached hydrogen (secondary N) is 2. The first-order chi connectivity index (χ1) is 10.5. The van der Waals surface area contributed by atoms with Gasteiger partial charge in [0.2, 0.25) is 5.96 Å². The molecule has 6 nitrogen and oxygen atoms in total. The van der Waals surface area contributed by atoms with Gasteiger partial charge in [0, 0.05) is 12.4 Å². The minimum Gasteiger partial charge on any atom is -0.349 e. The number of aromatic nitrogens is 1. The van der Waals surface area contributed by atoms with Crippen molar-refractivity contribution in [1.82, 2.24) is 10.3 Å². The van der Waals surface area contributed by atoms with Crippen LogP contribution < -0.4 is 10.6 Å². The first kappa shape index (κ1) is 14.5. The second kappa shape index (κ2) is 5.38. The van der Waals surface area contributed by atoms with Gasteiger partial charge in [-0.15, -0.1) is 4.40 Å². The fourth-order valence-corrected chi connectivity index (χ4v) is 3.23. The highest BCUT2D eigenvalue weighted by Gasteiger charge is 2.26. The monoisotopic (exact) mass is 320 g/mol. The maximum absolute atomic E-state index is 13.2. The molecular formula is C14H13FN4O2S. The van der Waals surface area contributed by atoms with Crippen molar-refractivity contribution in [3.8, 4) is 0 Å². The Labute approximate surface area is 127 Å². The number of benzene rings is 1. The molecule has 1 aliphatic heterocycles. The quantitative estimate of drug-likeness (QED) is 0.885. The third-order valence-electron chi connectivity index (χ3n) is 3.25. The molecule has 1 aliphatic rings. The van der Waals surface area contributed by atoms with Gasteiger partial charge in [0.15, 0.2) is 0 Å². The highest BCUT2D eigenvalue weighted by Crippen LogP contribution is 2.27. The second-order valence-electron chi connectivity index (χ2n) is 4.83. The molecular weight excluding hydrogens is 307 g/mol. The lowest BCUT2D eigenvalue weighted by molar-refractivity contribution is 0.591. The molecule has 0 fully saturated rings. The molecule has 8 heteroatoms. The highest BCUT2D eigenvalue weighted by atomic mass is 32.2. The maximum Gasteiger partial charge on any atom is 0.287 e. The minimum absolute atomic E-state index is 0.100. The molecule has 0 radical (unpaired) electrons. The van der Waals surface area contributed by atoms with Crippen LogP contribution >= 0.6 is 0 Å². The molecule has 0 saturated heterocycles. The molecule has 114 valence electrons. The van der Waals surface area contributed by atoms with Gasteiger partial charge in [-0.1, -0.05) is 0 Å². The smallest absolute Gasteiger partial charge is 0.287 e. The lowest BCUT2D eigenvalue weighted by Crippen LogP contribution is -2.36. The number of guanidine groups is 1. The standard InChI is InChI=1S/C14H13FN4O2S/c1-9(10-4-6-16-7-5-10)17-14-18-12-3-2-11(15)8-13(12)22(20,21)19-14/h2-9H,1H3,(H2,17,18,19). The number of fused-ring (bicyclic) bond motifs is 1. The fourth-order valence-electron chi connectivity index (χ4n) is 2.14. The first-order valence-electron chi connectivity index (χ1n) is 6.54. The van der Waals surface area contributed by atoms with Crippen LogP contribution in [0.4, 0.5) is 10.1 Å². The Balaban J connectivity index is 1.89. The van der Waals surface area contributed by atoms with Crippen LogP contribution in [0.2, 0.25) is 0 Å². The van der Waals surface area contributed by atoms with Gasteiger partial charge in [-0.3, -0.25) is 4.98 Å². The SMILES string of the molecule is CC(NC1=NS(=O)(=O)c2cc(F)ccc2N1)c1ccncc1. The Morgan fingerprint density at radius 3 is 2.68 bits per heavy atom. The summed E-state index contributed by atoms with van der Waals surface area (Å²) < 4.78 is 41.1. The zero-order chi connectivity index (χ0) is 15.7. The van der Waals surface area contributed by atoms with Crippen LogP contribution in [0.15, 0.2) is 52.0 Å². The van der Waals surface area contributed by atoms with Crippen molar-refractivity contribution in [3.63, 3.8) is 0 Å². The Kier molecular flexibility index (Phi) is 3.53. The van der Waals surface area contributed by atoms with Crippen molar-refractivity contribution < 1.29 is 12.8 Å². The van der Waals surface area contributed by atoms with E-state index in [1.807, 2.05) is 19.1 Å². The Bertz CT molecular complexity index is 837. The van der Waals surface area contributed by atoms with E-state index in [0.29, 0.717) is 5.69 Å². The molecule has 1 atom stereocenters. The van der Waals surface area contributed by atoms with E-state index < -0.39 is 15.8 Å². The zero-order valence-electron chi connectivity index (χ0n) is 11.6. The maximum atomic E-state index is 13.2. The summed E-state index contributed by atoms with van der Waals surface area (Å²) >= 11 is 0. The molecule has 1 aromatic carbocycles. The van der Waals surface area contributed by atoms with Crippen LogP contribution in [0.3, 0.4) is 0 Å².